The summed E-state index contributed by atoms with van der Waals surface area (Å²) in [7, 11) is 0. The zero-order valence-corrected chi connectivity index (χ0v) is 7.43. The maximum atomic E-state index is 11.0. The van der Waals surface area contributed by atoms with Gasteiger partial charge in [-0.25, -0.2) is 4.79 Å². The molecule has 0 unspecified atom stereocenters. The van der Waals surface area contributed by atoms with Gasteiger partial charge < -0.3 is 10.5 Å². The molecule has 0 aliphatic rings. The van der Waals surface area contributed by atoms with Crippen molar-refractivity contribution in [1.82, 2.24) is 10.2 Å². The Labute approximate surface area is 73.6 Å². The number of nitrogens with zero attached hydrogens (tertiary/aromatic N) is 2. The topological polar surface area (TPSA) is 78.1 Å². The van der Waals surface area contributed by atoms with Crippen molar-refractivity contribution in [3.8, 4) is 0 Å². The molecule has 0 saturated heterocycles. The van der Waals surface area contributed by atoms with Gasteiger partial charge in [-0.15, -0.1) is 10.2 Å². The van der Waals surface area contributed by atoms with Crippen LogP contribution in [0, 0.1) is 0 Å². The minimum Gasteiger partial charge on any atom is -0.461 e. The van der Waals surface area contributed by atoms with Crippen LogP contribution in [0.3, 0.4) is 0 Å². The van der Waals surface area contributed by atoms with Gasteiger partial charge in [-0.3, -0.25) is 0 Å². The number of esters is 1. The van der Waals surface area contributed by atoms with E-state index in [0.29, 0.717) is 18.2 Å². The number of aromatic nitrogens is 2. The standard InChI is InChI=1S/C6H9N3O2S/c1-2-11-6(10)5-9-8-4(3-7)12-5/h2-3,7H2,1H3. The summed E-state index contributed by atoms with van der Waals surface area (Å²) >= 11 is 1.16. The minimum absolute atomic E-state index is 0.261. The molecule has 1 aromatic rings. The SMILES string of the molecule is CCOC(=O)c1nnc(CN)s1. The van der Waals surface area contributed by atoms with Gasteiger partial charge in [0.05, 0.1) is 6.61 Å². The highest BCUT2D eigenvalue weighted by molar-refractivity contribution is 7.13. The fourth-order valence-corrected chi connectivity index (χ4v) is 1.22. The quantitative estimate of drug-likeness (QED) is 0.682. The Morgan fingerprint density at radius 1 is 1.67 bits per heavy atom. The van der Waals surface area contributed by atoms with Crippen LogP contribution in [-0.4, -0.2) is 22.8 Å². The van der Waals surface area contributed by atoms with Gasteiger partial charge in [0.2, 0.25) is 5.01 Å². The Kier molecular flexibility index (Phi) is 3.12. The van der Waals surface area contributed by atoms with Gasteiger partial charge in [0.15, 0.2) is 0 Å². The van der Waals surface area contributed by atoms with E-state index in [1.54, 1.807) is 6.92 Å². The van der Waals surface area contributed by atoms with Crippen LogP contribution >= 0.6 is 11.3 Å². The largest absolute Gasteiger partial charge is 0.461 e. The first-order valence-corrected chi connectivity index (χ1v) is 4.29. The van der Waals surface area contributed by atoms with Crippen molar-refractivity contribution in [2.24, 2.45) is 5.73 Å². The third-order valence-corrected chi connectivity index (χ3v) is 2.02. The van der Waals surface area contributed by atoms with E-state index in [9.17, 15) is 4.79 Å². The third kappa shape index (κ3) is 1.99. The third-order valence-electron chi connectivity index (χ3n) is 1.09. The van der Waals surface area contributed by atoms with Gasteiger partial charge in [0.25, 0.3) is 0 Å². The van der Waals surface area contributed by atoms with Crippen LogP contribution < -0.4 is 5.73 Å². The molecule has 0 aliphatic carbocycles. The summed E-state index contributed by atoms with van der Waals surface area (Å²) in [4.78, 5) is 11.0. The first-order valence-electron chi connectivity index (χ1n) is 3.47. The number of carbonyl (C=O) groups excluding carboxylic acids is 1. The lowest BCUT2D eigenvalue weighted by Crippen LogP contribution is -2.03. The molecule has 0 aromatic carbocycles. The first kappa shape index (κ1) is 9.08. The minimum atomic E-state index is -0.435. The molecule has 2 N–H and O–H groups in total. The fraction of sp³-hybridized carbons (Fsp3) is 0.500. The number of nitrogens with two attached hydrogens (primary N) is 1. The molecule has 0 amide bonds. The summed E-state index contributed by atoms with van der Waals surface area (Å²) in [5.74, 6) is -0.435. The second-order valence-corrected chi connectivity index (χ2v) is 2.99. The second kappa shape index (κ2) is 4.13. The molecule has 0 saturated carbocycles. The zero-order valence-electron chi connectivity index (χ0n) is 6.61. The highest BCUT2D eigenvalue weighted by Crippen LogP contribution is 2.09. The predicted molar refractivity (Wildman–Crippen MR) is 43.8 cm³/mol. The Balaban J connectivity index is 2.68. The first-order chi connectivity index (χ1) is 5.77. The molecule has 1 heterocycles. The molecule has 0 aliphatic heterocycles. The fourth-order valence-electron chi connectivity index (χ4n) is 0.611. The van der Waals surface area contributed by atoms with Crippen LogP contribution in [0.2, 0.25) is 0 Å². The van der Waals surface area contributed by atoms with E-state index in [2.05, 4.69) is 10.2 Å². The van der Waals surface area contributed by atoms with Crippen LogP contribution in [0.15, 0.2) is 0 Å². The summed E-state index contributed by atoms with van der Waals surface area (Å²) in [5.41, 5.74) is 5.29. The summed E-state index contributed by atoms with van der Waals surface area (Å²) in [5, 5.41) is 8.20. The number of hydrogen-bond donors (Lipinski definition) is 1. The normalized spacial score (nSPS) is 9.83. The predicted octanol–water partition coefficient (Wildman–Crippen LogP) is 0.174. The van der Waals surface area contributed by atoms with Crippen LogP contribution in [0.1, 0.15) is 21.7 Å². The van der Waals surface area contributed by atoms with Crippen LogP contribution in [0.4, 0.5) is 0 Å². The lowest BCUT2D eigenvalue weighted by molar-refractivity contribution is 0.0525. The molecule has 66 valence electrons. The van der Waals surface area contributed by atoms with Crippen molar-refractivity contribution in [3.63, 3.8) is 0 Å². The Morgan fingerprint density at radius 2 is 2.42 bits per heavy atom. The van der Waals surface area contributed by atoms with Gasteiger partial charge in [0, 0.05) is 6.54 Å². The molecular formula is C6H9N3O2S. The van der Waals surface area contributed by atoms with E-state index in [-0.39, 0.29) is 5.01 Å². The molecule has 0 atom stereocenters. The van der Waals surface area contributed by atoms with Gasteiger partial charge in [-0.05, 0) is 6.92 Å². The highest BCUT2D eigenvalue weighted by Gasteiger charge is 2.12. The van der Waals surface area contributed by atoms with Gasteiger partial charge >= 0.3 is 5.97 Å². The van der Waals surface area contributed by atoms with Gasteiger partial charge in [-0.2, -0.15) is 0 Å². The molecule has 0 bridgehead atoms. The molecule has 6 heteroatoms. The molecule has 0 spiro atoms. The van der Waals surface area contributed by atoms with Crippen molar-refractivity contribution < 1.29 is 9.53 Å². The molecule has 0 radical (unpaired) electrons. The molecule has 5 nitrogen and oxygen atoms in total. The lowest BCUT2D eigenvalue weighted by Gasteiger charge is -1.94. The van der Waals surface area contributed by atoms with Crippen LogP contribution in [0.25, 0.3) is 0 Å². The number of rotatable bonds is 3. The van der Waals surface area contributed by atoms with Crippen molar-refractivity contribution in [3.05, 3.63) is 10.0 Å². The zero-order chi connectivity index (χ0) is 8.97. The second-order valence-electron chi connectivity index (χ2n) is 1.93. The van der Waals surface area contributed by atoms with Crippen molar-refractivity contribution in [1.29, 1.82) is 0 Å². The van der Waals surface area contributed by atoms with Crippen molar-refractivity contribution in [2.75, 3.05) is 6.61 Å². The Hall–Kier alpha value is -1.01. The van der Waals surface area contributed by atoms with Crippen LogP contribution in [0.5, 0.6) is 0 Å². The van der Waals surface area contributed by atoms with E-state index in [4.69, 9.17) is 10.5 Å². The van der Waals surface area contributed by atoms with E-state index >= 15 is 0 Å². The van der Waals surface area contributed by atoms with Gasteiger partial charge in [0.1, 0.15) is 5.01 Å². The Bertz CT molecular complexity index is 274. The van der Waals surface area contributed by atoms with Crippen LogP contribution in [-0.2, 0) is 11.3 Å². The van der Waals surface area contributed by atoms with E-state index in [1.165, 1.54) is 0 Å². The average Bonchev–Trinajstić information content (AvgIpc) is 2.52. The van der Waals surface area contributed by atoms with Gasteiger partial charge in [-0.1, -0.05) is 11.3 Å². The maximum Gasteiger partial charge on any atom is 0.369 e. The molecular weight excluding hydrogens is 178 g/mol. The molecule has 1 rings (SSSR count). The summed E-state index contributed by atoms with van der Waals surface area (Å²) in [6, 6.07) is 0. The Morgan fingerprint density at radius 3 is 2.92 bits per heavy atom. The summed E-state index contributed by atoms with van der Waals surface area (Å²) in [6.45, 7) is 2.39. The molecule has 1 aromatic heterocycles. The number of hydrogen-bond acceptors (Lipinski definition) is 6. The maximum absolute atomic E-state index is 11.0. The number of ether oxygens (including phenoxy) is 1. The molecule has 12 heavy (non-hydrogen) atoms. The van der Waals surface area contributed by atoms with Crippen molar-refractivity contribution in [2.45, 2.75) is 13.5 Å². The highest BCUT2D eigenvalue weighted by atomic mass is 32.1. The van der Waals surface area contributed by atoms with E-state index in [0.717, 1.165) is 11.3 Å². The number of carbonyl (C=O) groups is 1. The monoisotopic (exact) mass is 187 g/mol. The lowest BCUT2D eigenvalue weighted by atomic mass is 10.7. The van der Waals surface area contributed by atoms with E-state index in [1.807, 2.05) is 0 Å². The summed E-state index contributed by atoms with van der Waals surface area (Å²) < 4.78 is 4.71. The average molecular weight is 187 g/mol. The summed E-state index contributed by atoms with van der Waals surface area (Å²) in [6.07, 6.45) is 0. The van der Waals surface area contributed by atoms with E-state index < -0.39 is 5.97 Å². The smallest absolute Gasteiger partial charge is 0.369 e. The molecule has 0 fully saturated rings. The van der Waals surface area contributed by atoms with Crippen molar-refractivity contribution >= 4 is 17.3 Å².